The molecule has 0 fully saturated rings. The number of amides is 1. The number of nitro groups is 1. The monoisotopic (exact) mass is 361 g/mol. The van der Waals surface area contributed by atoms with E-state index in [1.54, 1.807) is 6.07 Å². The molecular weight excluding hydrogens is 346 g/mol. The zero-order valence-corrected chi connectivity index (χ0v) is 14.3. The molecule has 1 aromatic rings. The van der Waals surface area contributed by atoms with Crippen LogP contribution in [0.5, 0.6) is 0 Å². The Morgan fingerprint density at radius 2 is 2.16 bits per heavy atom. The molecule has 1 N–H and O–H groups in total. The van der Waals surface area contributed by atoms with Gasteiger partial charge in [0.15, 0.2) is 0 Å². The third-order valence-corrected chi connectivity index (χ3v) is 4.64. The van der Waals surface area contributed by atoms with Crippen LogP contribution >= 0.6 is 11.8 Å². The standard InChI is InChI=1S/C16H15N3O5S/c1-3-25-15-10(8-17)12(13(14(20)18-15)16(21)24-2)9-6-4-5-7-11(9)19(22)23/h4-7,12-13H,3H2,1-2H3,(H,18,20)/t12-,13-/m1/s1. The molecule has 1 amide bonds. The van der Waals surface area contributed by atoms with Crippen molar-refractivity contribution in [2.75, 3.05) is 12.9 Å². The van der Waals surface area contributed by atoms with Gasteiger partial charge in [-0.25, -0.2) is 0 Å². The first-order chi connectivity index (χ1) is 12.0. The van der Waals surface area contributed by atoms with Crippen molar-refractivity contribution in [3.63, 3.8) is 0 Å². The van der Waals surface area contributed by atoms with Gasteiger partial charge in [-0.2, -0.15) is 5.26 Å². The van der Waals surface area contributed by atoms with E-state index in [0.29, 0.717) is 10.8 Å². The van der Waals surface area contributed by atoms with Crippen LogP contribution in [0.2, 0.25) is 0 Å². The minimum atomic E-state index is -1.37. The van der Waals surface area contributed by atoms with Crippen molar-refractivity contribution in [1.29, 1.82) is 5.26 Å². The third-order valence-electron chi connectivity index (χ3n) is 3.74. The van der Waals surface area contributed by atoms with Crippen LogP contribution in [0.25, 0.3) is 0 Å². The van der Waals surface area contributed by atoms with E-state index >= 15 is 0 Å². The number of nitriles is 1. The molecule has 130 valence electrons. The van der Waals surface area contributed by atoms with Gasteiger partial charge in [0.2, 0.25) is 5.91 Å². The SMILES string of the molecule is CCSC1=C(C#N)[C@@H](c2ccccc2[N+](=O)[O-])[C@@H](C(=O)OC)C(=O)N1. The van der Waals surface area contributed by atoms with Gasteiger partial charge in [0.1, 0.15) is 5.92 Å². The Bertz CT molecular complexity index is 799. The fraction of sp³-hybridized carbons (Fsp3) is 0.312. The molecule has 25 heavy (non-hydrogen) atoms. The first-order valence-corrected chi connectivity index (χ1v) is 8.33. The predicted octanol–water partition coefficient (Wildman–Crippen LogP) is 2.09. The van der Waals surface area contributed by atoms with Gasteiger partial charge in [-0.3, -0.25) is 19.7 Å². The van der Waals surface area contributed by atoms with Gasteiger partial charge >= 0.3 is 5.97 Å². The highest BCUT2D eigenvalue weighted by molar-refractivity contribution is 8.03. The summed E-state index contributed by atoms with van der Waals surface area (Å²) in [5.41, 5.74) is -0.0237. The number of nitro benzene ring substituents is 1. The summed E-state index contributed by atoms with van der Waals surface area (Å²) < 4.78 is 4.69. The molecule has 0 saturated heterocycles. The van der Waals surface area contributed by atoms with Crippen molar-refractivity contribution < 1.29 is 19.2 Å². The number of allylic oxidation sites excluding steroid dienone is 1. The van der Waals surface area contributed by atoms with Gasteiger partial charge in [0.25, 0.3) is 5.69 Å². The Kier molecular flexibility index (Phi) is 5.77. The number of esters is 1. The van der Waals surface area contributed by atoms with Crippen LogP contribution in [0.4, 0.5) is 5.69 Å². The molecule has 9 heteroatoms. The molecular formula is C16H15N3O5S. The molecule has 1 aliphatic heterocycles. The summed E-state index contributed by atoms with van der Waals surface area (Å²) in [6.07, 6.45) is 0. The molecule has 0 radical (unpaired) electrons. The zero-order chi connectivity index (χ0) is 18.6. The maximum Gasteiger partial charge on any atom is 0.319 e. The number of nitrogens with one attached hydrogen (secondary N) is 1. The van der Waals surface area contributed by atoms with E-state index in [1.807, 2.05) is 13.0 Å². The van der Waals surface area contributed by atoms with E-state index in [4.69, 9.17) is 4.74 Å². The Morgan fingerprint density at radius 3 is 2.72 bits per heavy atom. The summed E-state index contributed by atoms with van der Waals surface area (Å²) in [7, 11) is 1.12. The lowest BCUT2D eigenvalue weighted by molar-refractivity contribution is -0.385. The summed E-state index contributed by atoms with van der Waals surface area (Å²) in [4.78, 5) is 35.4. The van der Waals surface area contributed by atoms with Crippen molar-refractivity contribution >= 4 is 29.3 Å². The van der Waals surface area contributed by atoms with Gasteiger partial charge in [-0.1, -0.05) is 25.1 Å². The van der Waals surface area contributed by atoms with E-state index in [9.17, 15) is 25.0 Å². The number of para-hydroxylation sites is 1. The topological polar surface area (TPSA) is 122 Å². The van der Waals surface area contributed by atoms with Gasteiger partial charge in [0, 0.05) is 11.6 Å². The molecule has 0 unspecified atom stereocenters. The number of hydrogen-bond donors (Lipinski definition) is 1. The number of hydrogen-bond acceptors (Lipinski definition) is 7. The lowest BCUT2D eigenvalue weighted by Gasteiger charge is -2.30. The lowest BCUT2D eigenvalue weighted by atomic mass is 9.78. The Hall–Kier alpha value is -2.86. The van der Waals surface area contributed by atoms with Crippen LogP contribution in [0.1, 0.15) is 18.4 Å². The van der Waals surface area contributed by atoms with Crippen LogP contribution in [0.15, 0.2) is 34.9 Å². The van der Waals surface area contributed by atoms with Crippen LogP contribution in [-0.2, 0) is 14.3 Å². The van der Waals surface area contributed by atoms with Crippen molar-refractivity contribution in [3.05, 3.63) is 50.5 Å². The second-order valence-electron chi connectivity index (χ2n) is 5.07. The number of rotatable bonds is 5. The van der Waals surface area contributed by atoms with Crippen LogP contribution in [0.3, 0.4) is 0 Å². The second kappa shape index (κ2) is 7.81. The van der Waals surface area contributed by atoms with E-state index in [2.05, 4.69) is 5.32 Å². The third kappa shape index (κ3) is 3.49. The lowest BCUT2D eigenvalue weighted by Crippen LogP contribution is -2.44. The molecule has 0 aromatic heterocycles. The normalized spacial score (nSPS) is 19.8. The fourth-order valence-electron chi connectivity index (χ4n) is 2.72. The molecule has 0 spiro atoms. The van der Waals surface area contributed by atoms with Gasteiger partial charge in [-0.15, -0.1) is 11.8 Å². The van der Waals surface area contributed by atoms with E-state index in [-0.39, 0.29) is 16.8 Å². The molecule has 2 atom stereocenters. The molecule has 1 aliphatic rings. The highest BCUT2D eigenvalue weighted by atomic mass is 32.2. The summed E-state index contributed by atoms with van der Waals surface area (Å²) in [6, 6.07) is 7.76. The highest BCUT2D eigenvalue weighted by Gasteiger charge is 2.46. The van der Waals surface area contributed by atoms with Gasteiger partial charge in [-0.05, 0) is 5.75 Å². The molecule has 8 nitrogen and oxygen atoms in total. The average molecular weight is 361 g/mol. The van der Waals surface area contributed by atoms with Crippen molar-refractivity contribution in [1.82, 2.24) is 5.32 Å². The molecule has 0 bridgehead atoms. The Labute approximate surface area is 148 Å². The number of carbonyl (C=O) groups is 2. The van der Waals surface area contributed by atoms with E-state index < -0.39 is 28.6 Å². The smallest absolute Gasteiger partial charge is 0.319 e. The fourth-order valence-corrected chi connectivity index (χ4v) is 3.51. The molecule has 1 aromatic carbocycles. The second-order valence-corrected chi connectivity index (χ2v) is 6.35. The summed E-state index contributed by atoms with van der Waals surface area (Å²) in [5, 5.41) is 23.8. The first kappa shape index (κ1) is 18.5. The van der Waals surface area contributed by atoms with Crippen molar-refractivity contribution in [2.45, 2.75) is 12.8 Å². The number of carbonyl (C=O) groups excluding carboxylic acids is 2. The zero-order valence-electron chi connectivity index (χ0n) is 13.5. The van der Waals surface area contributed by atoms with Crippen LogP contribution in [0, 0.1) is 27.4 Å². The number of benzene rings is 1. The number of thioether (sulfide) groups is 1. The number of methoxy groups -OCH3 is 1. The molecule has 1 heterocycles. The quantitative estimate of drug-likeness (QED) is 0.369. The molecule has 0 aliphatic carbocycles. The maximum absolute atomic E-state index is 12.5. The molecule has 0 saturated carbocycles. The van der Waals surface area contributed by atoms with Crippen molar-refractivity contribution in [3.8, 4) is 6.07 Å². The minimum Gasteiger partial charge on any atom is -0.468 e. The van der Waals surface area contributed by atoms with Crippen molar-refractivity contribution in [2.24, 2.45) is 5.92 Å². The van der Waals surface area contributed by atoms with E-state index in [1.165, 1.54) is 30.0 Å². The predicted molar refractivity (Wildman–Crippen MR) is 90.3 cm³/mol. The van der Waals surface area contributed by atoms with Crippen LogP contribution < -0.4 is 5.32 Å². The number of ether oxygens (including phenoxy) is 1. The van der Waals surface area contributed by atoms with E-state index in [0.717, 1.165) is 7.11 Å². The summed E-state index contributed by atoms with van der Waals surface area (Å²) >= 11 is 1.23. The minimum absolute atomic E-state index is 0.108. The average Bonchev–Trinajstić information content (AvgIpc) is 2.60. The largest absolute Gasteiger partial charge is 0.468 e. The maximum atomic E-state index is 12.5. The molecule has 2 rings (SSSR count). The summed E-state index contributed by atoms with van der Waals surface area (Å²) in [5.74, 6) is -3.38. The first-order valence-electron chi connectivity index (χ1n) is 7.35. The Morgan fingerprint density at radius 1 is 1.48 bits per heavy atom. The van der Waals surface area contributed by atoms with Gasteiger partial charge in [0.05, 0.1) is 34.6 Å². The number of nitrogens with zero attached hydrogens (tertiary/aromatic N) is 2. The summed E-state index contributed by atoms with van der Waals surface area (Å²) in [6.45, 7) is 1.84. The Balaban J connectivity index is 2.75. The van der Waals surface area contributed by atoms with Gasteiger partial charge < -0.3 is 10.1 Å². The van der Waals surface area contributed by atoms with Crippen LogP contribution in [-0.4, -0.2) is 29.7 Å². The highest BCUT2D eigenvalue weighted by Crippen LogP contribution is 2.42.